The summed E-state index contributed by atoms with van der Waals surface area (Å²) < 4.78 is 11.2. The summed E-state index contributed by atoms with van der Waals surface area (Å²) in [6, 6.07) is 13.4. The van der Waals surface area contributed by atoms with E-state index in [0.717, 1.165) is 32.6 Å². The number of hydrogen-bond acceptors (Lipinski definition) is 4. The van der Waals surface area contributed by atoms with Crippen molar-refractivity contribution in [2.24, 2.45) is 0 Å². The first-order valence-electron chi connectivity index (χ1n) is 7.14. The second-order valence-corrected chi connectivity index (χ2v) is 5.89. The van der Waals surface area contributed by atoms with E-state index < -0.39 is 0 Å². The van der Waals surface area contributed by atoms with Crippen LogP contribution >= 0.6 is 15.9 Å². The number of imidazole rings is 1. The van der Waals surface area contributed by atoms with Crippen LogP contribution in [0.15, 0.2) is 40.9 Å². The number of benzene rings is 2. The molecule has 24 heavy (non-hydrogen) atoms. The Morgan fingerprint density at radius 1 is 1.21 bits per heavy atom. The van der Waals surface area contributed by atoms with Crippen LogP contribution in [0.3, 0.4) is 0 Å². The van der Waals surface area contributed by atoms with E-state index in [9.17, 15) is 5.26 Å². The highest BCUT2D eigenvalue weighted by Gasteiger charge is 2.09. The lowest BCUT2D eigenvalue weighted by Crippen LogP contribution is -1.87. The van der Waals surface area contributed by atoms with Gasteiger partial charge in [0.25, 0.3) is 0 Å². The Balaban J connectivity index is 2.02. The van der Waals surface area contributed by atoms with E-state index in [4.69, 9.17) is 9.47 Å². The zero-order chi connectivity index (χ0) is 17.1. The Morgan fingerprint density at radius 3 is 2.71 bits per heavy atom. The standard InChI is InChI=1S/C18H14BrN3O2/c1-23-13-4-5-15-16(9-13)22-18(21-15)12(10-20)7-11-3-6-17(24-2)14(19)8-11/h3-9H,1-2H3,(H,21,22). The molecule has 5 nitrogen and oxygen atoms in total. The lowest BCUT2D eigenvalue weighted by Gasteiger charge is -2.03. The van der Waals surface area contributed by atoms with Crippen LogP contribution in [0.4, 0.5) is 0 Å². The molecule has 0 spiro atoms. The molecule has 0 saturated heterocycles. The minimum Gasteiger partial charge on any atom is -0.497 e. The first-order valence-corrected chi connectivity index (χ1v) is 7.93. The summed E-state index contributed by atoms with van der Waals surface area (Å²) in [4.78, 5) is 7.63. The number of hydrogen-bond donors (Lipinski definition) is 1. The molecule has 0 bridgehead atoms. The number of aromatic nitrogens is 2. The zero-order valence-electron chi connectivity index (χ0n) is 13.1. The molecule has 2 aromatic carbocycles. The van der Waals surface area contributed by atoms with Gasteiger partial charge in [-0.25, -0.2) is 4.98 Å². The third-order valence-corrected chi connectivity index (χ3v) is 4.17. The molecule has 1 N–H and O–H groups in total. The van der Waals surface area contributed by atoms with E-state index in [-0.39, 0.29) is 0 Å². The van der Waals surface area contributed by atoms with Gasteiger partial charge in [0.1, 0.15) is 23.4 Å². The van der Waals surface area contributed by atoms with Crippen LogP contribution in [-0.4, -0.2) is 24.2 Å². The Labute approximate surface area is 147 Å². The van der Waals surface area contributed by atoms with Crippen molar-refractivity contribution in [2.75, 3.05) is 14.2 Å². The molecule has 0 aliphatic carbocycles. The number of H-pyrrole nitrogens is 1. The SMILES string of the molecule is COc1ccc2nc(C(C#N)=Cc3ccc(OC)c(Br)c3)[nH]c2c1. The first kappa shape index (κ1) is 16.1. The normalized spacial score (nSPS) is 11.3. The van der Waals surface area contributed by atoms with Crippen molar-refractivity contribution >= 4 is 38.6 Å². The summed E-state index contributed by atoms with van der Waals surface area (Å²) in [6.07, 6.45) is 1.78. The van der Waals surface area contributed by atoms with E-state index in [1.165, 1.54) is 0 Å². The van der Waals surface area contributed by atoms with Gasteiger partial charge in [-0.3, -0.25) is 0 Å². The van der Waals surface area contributed by atoms with Crippen LogP contribution < -0.4 is 9.47 Å². The van der Waals surface area contributed by atoms with Gasteiger partial charge in [0, 0.05) is 6.07 Å². The molecule has 0 aliphatic rings. The molecule has 3 aromatic rings. The second-order valence-electron chi connectivity index (χ2n) is 5.03. The number of rotatable bonds is 4. The molecule has 0 radical (unpaired) electrons. The molecule has 1 heterocycles. The summed E-state index contributed by atoms with van der Waals surface area (Å²) in [5.41, 5.74) is 2.92. The van der Waals surface area contributed by atoms with Crippen LogP contribution in [0.2, 0.25) is 0 Å². The van der Waals surface area contributed by atoms with Gasteiger partial charge in [-0.15, -0.1) is 0 Å². The summed E-state index contributed by atoms with van der Waals surface area (Å²) in [6.45, 7) is 0. The fraction of sp³-hybridized carbons (Fsp3) is 0.111. The molecule has 0 aliphatic heterocycles. The van der Waals surface area contributed by atoms with Crippen molar-refractivity contribution < 1.29 is 9.47 Å². The van der Waals surface area contributed by atoms with Gasteiger partial charge in [-0.1, -0.05) is 6.07 Å². The Hall–Kier alpha value is -2.78. The van der Waals surface area contributed by atoms with Gasteiger partial charge in [-0.05, 0) is 51.8 Å². The predicted octanol–water partition coefficient (Wildman–Crippen LogP) is 4.41. The number of nitriles is 1. The average Bonchev–Trinajstić information content (AvgIpc) is 3.02. The largest absolute Gasteiger partial charge is 0.497 e. The van der Waals surface area contributed by atoms with Crippen molar-refractivity contribution in [3.63, 3.8) is 0 Å². The van der Waals surface area contributed by atoms with E-state index in [2.05, 4.69) is 32.0 Å². The number of nitrogens with zero attached hydrogens (tertiary/aromatic N) is 2. The minimum atomic E-state index is 0.447. The molecule has 0 atom stereocenters. The molecule has 6 heteroatoms. The van der Waals surface area contributed by atoms with Gasteiger partial charge in [0.05, 0.1) is 35.3 Å². The van der Waals surface area contributed by atoms with Gasteiger partial charge in [0.15, 0.2) is 0 Å². The number of aromatic amines is 1. The van der Waals surface area contributed by atoms with Gasteiger partial charge in [-0.2, -0.15) is 5.26 Å². The predicted molar refractivity (Wildman–Crippen MR) is 96.8 cm³/mol. The fourth-order valence-electron chi connectivity index (χ4n) is 2.34. The quantitative estimate of drug-likeness (QED) is 0.677. The molecule has 1 aromatic heterocycles. The number of fused-ring (bicyclic) bond motifs is 1. The van der Waals surface area contributed by atoms with Crippen LogP contribution in [0, 0.1) is 11.3 Å². The van der Waals surface area contributed by atoms with E-state index in [1.807, 2.05) is 36.4 Å². The Morgan fingerprint density at radius 2 is 2.04 bits per heavy atom. The van der Waals surface area contributed by atoms with Crippen molar-refractivity contribution in [3.05, 3.63) is 52.3 Å². The van der Waals surface area contributed by atoms with Gasteiger partial charge >= 0.3 is 0 Å². The number of allylic oxidation sites excluding steroid dienone is 1. The zero-order valence-corrected chi connectivity index (χ0v) is 14.7. The van der Waals surface area contributed by atoms with Crippen LogP contribution in [0.25, 0.3) is 22.7 Å². The van der Waals surface area contributed by atoms with E-state index >= 15 is 0 Å². The molecule has 0 saturated carbocycles. The number of methoxy groups -OCH3 is 2. The number of nitrogens with one attached hydrogen (secondary N) is 1. The van der Waals surface area contributed by atoms with Crippen molar-refractivity contribution in [3.8, 4) is 17.6 Å². The maximum Gasteiger partial charge on any atom is 0.149 e. The van der Waals surface area contributed by atoms with Crippen LogP contribution in [0.1, 0.15) is 11.4 Å². The smallest absolute Gasteiger partial charge is 0.149 e. The van der Waals surface area contributed by atoms with Gasteiger partial charge in [0.2, 0.25) is 0 Å². The summed E-state index contributed by atoms with van der Waals surface area (Å²) in [7, 11) is 3.22. The van der Waals surface area contributed by atoms with E-state index in [0.29, 0.717) is 11.4 Å². The third kappa shape index (κ3) is 3.12. The lowest BCUT2D eigenvalue weighted by atomic mass is 10.1. The van der Waals surface area contributed by atoms with Crippen molar-refractivity contribution in [1.29, 1.82) is 5.26 Å². The Bertz CT molecular complexity index is 970. The molecule has 0 fully saturated rings. The summed E-state index contributed by atoms with van der Waals surface area (Å²) in [5, 5.41) is 9.50. The van der Waals surface area contributed by atoms with E-state index in [1.54, 1.807) is 20.3 Å². The highest BCUT2D eigenvalue weighted by molar-refractivity contribution is 9.10. The third-order valence-electron chi connectivity index (χ3n) is 3.55. The monoisotopic (exact) mass is 383 g/mol. The fourth-order valence-corrected chi connectivity index (χ4v) is 2.89. The molecular weight excluding hydrogens is 370 g/mol. The van der Waals surface area contributed by atoms with Gasteiger partial charge < -0.3 is 14.5 Å². The highest BCUT2D eigenvalue weighted by atomic mass is 79.9. The number of ether oxygens (including phenoxy) is 2. The van der Waals surface area contributed by atoms with Crippen LogP contribution in [0.5, 0.6) is 11.5 Å². The number of halogens is 1. The van der Waals surface area contributed by atoms with Crippen molar-refractivity contribution in [1.82, 2.24) is 9.97 Å². The maximum atomic E-state index is 9.50. The lowest BCUT2D eigenvalue weighted by molar-refractivity contribution is 0.412. The molecular formula is C18H14BrN3O2. The van der Waals surface area contributed by atoms with Crippen molar-refractivity contribution in [2.45, 2.75) is 0 Å². The molecule has 120 valence electrons. The molecule has 0 amide bonds. The molecule has 0 unspecified atom stereocenters. The highest BCUT2D eigenvalue weighted by Crippen LogP contribution is 2.28. The summed E-state index contributed by atoms with van der Waals surface area (Å²) in [5.74, 6) is 1.99. The van der Waals surface area contributed by atoms with Crippen LogP contribution in [-0.2, 0) is 0 Å². The Kier molecular flexibility index (Phi) is 4.54. The second kappa shape index (κ2) is 6.77. The summed E-state index contributed by atoms with van der Waals surface area (Å²) >= 11 is 3.44. The minimum absolute atomic E-state index is 0.447. The average molecular weight is 384 g/mol. The first-order chi connectivity index (χ1) is 11.6. The maximum absolute atomic E-state index is 9.50. The topological polar surface area (TPSA) is 70.9 Å². The molecule has 3 rings (SSSR count).